The number of hydrogen-bond acceptors (Lipinski definition) is 7. The van der Waals surface area contributed by atoms with Crippen LogP contribution in [0.5, 0.6) is 11.5 Å². The molecule has 1 saturated heterocycles. The Morgan fingerprint density at radius 2 is 1.69 bits per heavy atom. The lowest BCUT2D eigenvalue weighted by molar-refractivity contribution is 0.171. The van der Waals surface area contributed by atoms with Crippen molar-refractivity contribution in [1.82, 2.24) is 15.4 Å². The summed E-state index contributed by atoms with van der Waals surface area (Å²) in [4.78, 5) is 4.74. The average Bonchev–Trinajstić information content (AvgIpc) is 3.31. The fourth-order valence-corrected chi connectivity index (χ4v) is 4.07. The number of piperazine rings is 1. The van der Waals surface area contributed by atoms with Crippen LogP contribution in [0.3, 0.4) is 0 Å². The van der Waals surface area contributed by atoms with Crippen LogP contribution in [0, 0.1) is 5.82 Å². The van der Waals surface area contributed by atoms with Crippen LogP contribution in [0.25, 0.3) is 11.3 Å². The van der Waals surface area contributed by atoms with Crippen LogP contribution >= 0.6 is 0 Å². The van der Waals surface area contributed by atoms with Gasteiger partial charge in [-0.05, 0) is 42.5 Å². The Bertz CT molecular complexity index is 1030. The van der Waals surface area contributed by atoms with E-state index < -0.39 is 0 Å². The zero-order valence-corrected chi connectivity index (χ0v) is 17.9. The lowest BCUT2D eigenvalue weighted by atomic mass is 10.1. The molecule has 5 rings (SSSR count). The normalized spacial score (nSPS) is 16.3. The van der Waals surface area contributed by atoms with Crippen molar-refractivity contribution in [3.05, 3.63) is 60.1 Å². The van der Waals surface area contributed by atoms with Gasteiger partial charge in [0.2, 0.25) is 0 Å². The summed E-state index contributed by atoms with van der Waals surface area (Å²) in [6, 6.07) is 14.5. The molecule has 1 aromatic heterocycles. The van der Waals surface area contributed by atoms with Crippen molar-refractivity contribution >= 4 is 5.69 Å². The molecular weight excluding hydrogens is 411 g/mol. The summed E-state index contributed by atoms with van der Waals surface area (Å²) in [6.07, 6.45) is 0. The molecule has 3 heterocycles. The van der Waals surface area contributed by atoms with Gasteiger partial charge in [0.25, 0.3) is 0 Å². The van der Waals surface area contributed by atoms with E-state index in [1.807, 2.05) is 36.4 Å². The topological polar surface area (TPSA) is 63.0 Å². The standard InChI is InChI=1S/C24H27FN4O3/c25-19-2-4-20(5-3-19)29-11-9-28(10-12-29)8-7-26-17-21-16-22(27-32-21)18-1-6-23-24(15-18)31-14-13-30-23/h1-6,15-16,26H,7-14,17H2. The Morgan fingerprint density at radius 3 is 2.50 bits per heavy atom. The SMILES string of the molecule is Fc1ccc(N2CCN(CCNCc3cc(-c4ccc5c(c4)OCCO5)no3)CC2)cc1. The van der Waals surface area contributed by atoms with Gasteiger partial charge in [0.1, 0.15) is 24.7 Å². The van der Waals surface area contributed by atoms with Gasteiger partial charge in [0.05, 0.1) is 6.54 Å². The number of nitrogens with zero attached hydrogens (tertiary/aromatic N) is 3. The van der Waals surface area contributed by atoms with E-state index in [1.54, 1.807) is 0 Å². The summed E-state index contributed by atoms with van der Waals surface area (Å²) in [7, 11) is 0. The maximum atomic E-state index is 13.1. The molecule has 0 amide bonds. The zero-order chi connectivity index (χ0) is 21.8. The fraction of sp³-hybridized carbons (Fsp3) is 0.375. The second-order valence-corrected chi connectivity index (χ2v) is 8.02. The second kappa shape index (κ2) is 9.58. The minimum atomic E-state index is -0.191. The van der Waals surface area contributed by atoms with Gasteiger partial charge in [-0.25, -0.2) is 4.39 Å². The van der Waals surface area contributed by atoms with Gasteiger partial charge in [0.15, 0.2) is 17.3 Å². The highest BCUT2D eigenvalue weighted by Gasteiger charge is 2.17. The number of aromatic nitrogens is 1. The van der Waals surface area contributed by atoms with Crippen LogP contribution in [0.4, 0.5) is 10.1 Å². The fourth-order valence-electron chi connectivity index (χ4n) is 4.07. The molecule has 32 heavy (non-hydrogen) atoms. The van der Waals surface area contributed by atoms with Crippen molar-refractivity contribution < 1.29 is 18.4 Å². The highest BCUT2D eigenvalue weighted by atomic mass is 19.1. The number of anilines is 1. The molecule has 0 aliphatic carbocycles. The maximum Gasteiger partial charge on any atom is 0.162 e. The molecule has 168 valence electrons. The van der Waals surface area contributed by atoms with E-state index in [9.17, 15) is 4.39 Å². The van der Waals surface area contributed by atoms with E-state index in [2.05, 4.69) is 20.3 Å². The Hall–Kier alpha value is -3.10. The van der Waals surface area contributed by atoms with Crippen molar-refractivity contribution in [1.29, 1.82) is 0 Å². The third-order valence-corrected chi connectivity index (χ3v) is 5.86. The monoisotopic (exact) mass is 438 g/mol. The quantitative estimate of drug-likeness (QED) is 0.569. The number of benzene rings is 2. The molecule has 2 aliphatic heterocycles. The number of fused-ring (bicyclic) bond motifs is 1. The van der Waals surface area contributed by atoms with E-state index in [-0.39, 0.29) is 5.82 Å². The summed E-state index contributed by atoms with van der Waals surface area (Å²) < 4.78 is 29.8. The third-order valence-electron chi connectivity index (χ3n) is 5.86. The van der Waals surface area contributed by atoms with Gasteiger partial charge < -0.3 is 24.2 Å². The second-order valence-electron chi connectivity index (χ2n) is 8.02. The van der Waals surface area contributed by atoms with Gasteiger partial charge >= 0.3 is 0 Å². The molecule has 2 aromatic carbocycles. The van der Waals surface area contributed by atoms with Crippen molar-refractivity contribution in [3.8, 4) is 22.8 Å². The van der Waals surface area contributed by atoms with Crippen molar-refractivity contribution in [2.24, 2.45) is 0 Å². The molecule has 0 bridgehead atoms. The van der Waals surface area contributed by atoms with Gasteiger partial charge in [0, 0.05) is 56.6 Å². The average molecular weight is 439 g/mol. The van der Waals surface area contributed by atoms with Gasteiger partial charge in [-0.2, -0.15) is 0 Å². The minimum Gasteiger partial charge on any atom is -0.486 e. The number of nitrogens with one attached hydrogen (secondary N) is 1. The van der Waals surface area contributed by atoms with Gasteiger partial charge in [-0.1, -0.05) is 5.16 Å². The summed E-state index contributed by atoms with van der Waals surface area (Å²) in [6.45, 7) is 7.51. The molecule has 0 saturated carbocycles. The first kappa shape index (κ1) is 20.8. The number of halogens is 1. The highest BCUT2D eigenvalue weighted by molar-refractivity contribution is 5.64. The molecule has 8 heteroatoms. The molecule has 0 spiro atoms. The van der Waals surface area contributed by atoms with Crippen molar-refractivity contribution in [2.45, 2.75) is 6.54 Å². The van der Waals surface area contributed by atoms with Gasteiger partial charge in [-0.3, -0.25) is 4.90 Å². The minimum absolute atomic E-state index is 0.191. The Morgan fingerprint density at radius 1 is 0.906 bits per heavy atom. The molecule has 2 aliphatic rings. The smallest absolute Gasteiger partial charge is 0.162 e. The third kappa shape index (κ3) is 4.87. The van der Waals surface area contributed by atoms with Crippen molar-refractivity contribution in [2.75, 3.05) is 57.4 Å². The Balaban J connectivity index is 1.05. The summed E-state index contributed by atoms with van der Waals surface area (Å²) in [5, 5.41) is 7.63. The summed E-state index contributed by atoms with van der Waals surface area (Å²) >= 11 is 0. The first-order chi connectivity index (χ1) is 15.7. The molecule has 1 N–H and O–H groups in total. The zero-order valence-electron chi connectivity index (χ0n) is 17.9. The van der Waals surface area contributed by atoms with E-state index in [4.69, 9.17) is 14.0 Å². The first-order valence-corrected chi connectivity index (χ1v) is 11.0. The van der Waals surface area contributed by atoms with E-state index >= 15 is 0 Å². The lowest BCUT2D eigenvalue weighted by Crippen LogP contribution is -2.48. The van der Waals surface area contributed by atoms with E-state index in [1.165, 1.54) is 12.1 Å². The molecule has 7 nitrogen and oxygen atoms in total. The molecule has 1 fully saturated rings. The number of ether oxygens (including phenoxy) is 2. The summed E-state index contributed by atoms with van der Waals surface area (Å²) in [5.74, 6) is 2.12. The van der Waals surface area contributed by atoms with Crippen LogP contribution in [0.1, 0.15) is 5.76 Å². The molecule has 0 atom stereocenters. The van der Waals surface area contributed by atoms with Crippen LogP contribution in [0.15, 0.2) is 53.1 Å². The van der Waals surface area contributed by atoms with Crippen LogP contribution in [-0.4, -0.2) is 62.5 Å². The molecule has 3 aromatic rings. The molecule has 0 radical (unpaired) electrons. The Labute approximate surface area is 186 Å². The highest BCUT2D eigenvalue weighted by Crippen LogP contribution is 2.34. The van der Waals surface area contributed by atoms with E-state index in [0.29, 0.717) is 19.8 Å². The largest absolute Gasteiger partial charge is 0.486 e. The molecular formula is C24H27FN4O3. The van der Waals surface area contributed by atoms with E-state index in [0.717, 1.165) is 73.5 Å². The maximum absolute atomic E-state index is 13.1. The predicted molar refractivity (Wildman–Crippen MR) is 120 cm³/mol. The number of rotatable bonds is 7. The predicted octanol–water partition coefficient (Wildman–Crippen LogP) is 3.16. The van der Waals surface area contributed by atoms with Crippen LogP contribution in [0.2, 0.25) is 0 Å². The number of hydrogen-bond donors (Lipinski definition) is 1. The first-order valence-electron chi connectivity index (χ1n) is 11.0. The Kier molecular flexibility index (Phi) is 6.22. The van der Waals surface area contributed by atoms with Crippen LogP contribution in [-0.2, 0) is 6.54 Å². The molecule has 0 unspecified atom stereocenters. The van der Waals surface area contributed by atoms with Crippen molar-refractivity contribution in [3.63, 3.8) is 0 Å². The van der Waals surface area contributed by atoms with Gasteiger partial charge in [-0.15, -0.1) is 0 Å². The van der Waals surface area contributed by atoms with Crippen LogP contribution < -0.4 is 19.7 Å². The summed E-state index contributed by atoms with van der Waals surface area (Å²) in [5.41, 5.74) is 2.82. The lowest BCUT2D eigenvalue weighted by Gasteiger charge is -2.36.